The molecule has 0 saturated heterocycles. The van der Waals surface area contributed by atoms with Crippen LogP contribution in [0.25, 0.3) is 122 Å². The summed E-state index contributed by atoms with van der Waals surface area (Å²) in [6.07, 6.45) is 0. The van der Waals surface area contributed by atoms with Gasteiger partial charge in [-0.25, -0.2) is 15.0 Å². The molecule has 13 aromatic rings. The summed E-state index contributed by atoms with van der Waals surface area (Å²) in [6.45, 7) is 0. The zero-order valence-corrected chi connectivity index (χ0v) is 31.4. The topological polar surface area (TPSA) is 74.6 Å². The highest BCUT2D eigenvalue weighted by Gasteiger charge is 2.25. The number of furan rings is 1. The Hall–Kier alpha value is -8.16. The van der Waals surface area contributed by atoms with Crippen molar-refractivity contribution in [2.75, 3.05) is 0 Å². The van der Waals surface area contributed by atoms with E-state index in [0.29, 0.717) is 17.6 Å². The van der Waals surface area contributed by atoms with E-state index in [1.54, 1.807) is 0 Å². The van der Waals surface area contributed by atoms with Crippen LogP contribution in [0.2, 0.25) is 0 Å². The summed E-state index contributed by atoms with van der Waals surface area (Å²) in [5, 5.41) is 9.51. The molecule has 0 saturated carbocycles. The molecular formula is C52H30N6O. The molecule has 13 rings (SSSR count). The Bertz CT molecular complexity index is 3850. The first-order chi connectivity index (χ1) is 29.3. The number of nitrogens with zero attached hydrogens (tertiary/aromatic N) is 6. The molecule has 5 aromatic heterocycles. The van der Waals surface area contributed by atoms with Gasteiger partial charge in [-0.1, -0.05) is 152 Å². The van der Waals surface area contributed by atoms with Crippen molar-refractivity contribution < 1.29 is 4.42 Å². The minimum Gasteiger partial charge on any atom is -0.437 e. The predicted molar refractivity (Wildman–Crippen MR) is 239 cm³/mol. The molecule has 0 spiro atoms. The average molecular weight is 755 g/mol. The van der Waals surface area contributed by atoms with Crippen LogP contribution in [0, 0.1) is 0 Å². The third-order valence-electron chi connectivity index (χ3n) is 11.8. The zero-order chi connectivity index (χ0) is 38.6. The van der Waals surface area contributed by atoms with E-state index >= 15 is 0 Å². The standard InChI is InChI=1S/C52H30N6O/c1-2-16-32(17-3-1)47-37-21-6-10-25-40(37)53-51(54-47)58-41-26-11-7-20-34(41)36-29-30-43-45(49(36)58)38-22-8-12-27-42(38)57(43)52-55-48(35-24-14-18-31-15-4-5-19-33(31)35)46-39-23-9-13-28-44(39)59-50(46)56-52/h1-30H. The van der Waals surface area contributed by atoms with Crippen molar-refractivity contribution in [1.29, 1.82) is 0 Å². The third kappa shape index (κ3) is 4.58. The third-order valence-corrected chi connectivity index (χ3v) is 11.8. The lowest BCUT2D eigenvalue weighted by atomic mass is 9.99. The van der Waals surface area contributed by atoms with Gasteiger partial charge in [0.1, 0.15) is 5.58 Å². The minimum atomic E-state index is 0.529. The number of rotatable bonds is 4. The fraction of sp³-hybridized carbons (Fsp3) is 0. The van der Waals surface area contributed by atoms with Gasteiger partial charge in [-0.15, -0.1) is 0 Å². The highest BCUT2D eigenvalue weighted by molar-refractivity contribution is 6.26. The molecule has 0 aliphatic heterocycles. The maximum Gasteiger partial charge on any atom is 0.238 e. The lowest BCUT2D eigenvalue weighted by molar-refractivity contribution is 0.651. The van der Waals surface area contributed by atoms with Crippen molar-refractivity contribution in [3.05, 3.63) is 182 Å². The summed E-state index contributed by atoms with van der Waals surface area (Å²) in [5.74, 6) is 1.14. The van der Waals surface area contributed by atoms with Crippen LogP contribution in [0.1, 0.15) is 0 Å². The number of para-hydroxylation sites is 4. The van der Waals surface area contributed by atoms with E-state index in [9.17, 15) is 0 Å². The summed E-state index contributed by atoms with van der Waals surface area (Å²) in [5.41, 5.74) is 9.96. The molecule has 0 bridgehead atoms. The van der Waals surface area contributed by atoms with Crippen molar-refractivity contribution >= 4 is 87.4 Å². The van der Waals surface area contributed by atoms with Gasteiger partial charge in [-0.3, -0.25) is 9.13 Å². The van der Waals surface area contributed by atoms with E-state index in [0.717, 1.165) is 104 Å². The van der Waals surface area contributed by atoms with E-state index in [1.807, 2.05) is 36.4 Å². The Kier molecular flexibility index (Phi) is 6.60. The quantitative estimate of drug-likeness (QED) is 0.179. The van der Waals surface area contributed by atoms with Gasteiger partial charge in [-0.05, 0) is 41.1 Å². The molecule has 8 aromatic carbocycles. The Balaban J connectivity index is 1.17. The van der Waals surface area contributed by atoms with E-state index < -0.39 is 0 Å². The van der Waals surface area contributed by atoms with E-state index in [2.05, 4.69) is 155 Å². The van der Waals surface area contributed by atoms with Crippen molar-refractivity contribution in [2.24, 2.45) is 0 Å². The Morgan fingerprint density at radius 3 is 1.88 bits per heavy atom. The molecule has 0 fully saturated rings. The highest BCUT2D eigenvalue weighted by Crippen LogP contribution is 2.43. The van der Waals surface area contributed by atoms with Crippen LogP contribution in [0.5, 0.6) is 0 Å². The summed E-state index contributed by atoms with van der Waals surface area (Å²) < 4.78 is 11.0. The van der Waals surface area contributed by atoms with Crippen LogP contribution in [0.4, 0.5) is 0 Å². The second-order valence-corrected chi connectivity index (χ2v) is 15.0. The summed E-state index contributed by atoms with van der Waals surface area (Å²) >= 11 is 0. The maximum absolute atomic E-state index is 6.57. The van der Waals surface area contributed by atoms with Crippen molar-refractivity contribution in [2.45, 2.75) is 0 Å². The van der Waals surface area contributed by atoms with E-state index in [4.69, 9.17) is 24.4 Å². The van der Waals surface area contributed by atoms with Crippen LogP contribution < -0.4 is 0 Å². The number of hydrogen-bond acceptors (Lipinski definition) is 5. The molecule has 274 valence electrons. The number of fused-ring (bicyclic) bond motifs is 12. The number of hydrogen-bond donors (Lipinski definition) is 0. The molecule has 0 aliphatic carbocycles. The molecule has 0 N–H and O–H groups in total. The first kappa shape index (κ1) is 32.0. The molecule has 7 heteroatoms. The van der Waals surface area contributed by atoms with Crippen LogP contribution in [0.3, 0.4) is 0 Å². The van der Waals surface area contributed by atoms with Crippen LogP contribution in [-0.4, -0.2) is 29.1 Å². The lowest BCUT2D eigenvalue weighted by Crippen LogP contribution is -2.04. The molecule has 0 atom stereocenters. The van der Waals surface area contributed by atoms with E-state index in [1.165, 1.54) is 0 Å². The molecule has 59 heavy (non-hydrogen) atoms. The first-order valence-corrected chi connectivity index (χ1v) is 19.7. The van der Waals surface area contributed by atoms with Gasteiger partial charge >= 0.3 is 0 Å². The normalized spacial score (nSPS) is 12.1. The van der Waals surface area contributed by atoms with Gasteiger partial charge in [-0.2, -0.15) is 4.98 Å². The number of benzene rings is 8. The lowest BCUT2D eigenvalue weighted by Gasteiger charge is -2.12. The highest BCUT2D eigenvalue weighted by atomic mass is 16.3. The van der Waals surface area contributed by atoms with Gasteiger partial charge in [0, 0.05) is 43.4 Å². The largest absolute Gasteiger partial charge is 0.437 e. The predicted octanol–water partition coefficient (Wildman–Crippen LogP) is 13.0. The Morgan fingerprint density at radius 2 is 1.02 bits per heavy atom. The monoisotopic (exact) mass is 754 g/mol. The Labute approximate surface area is 336 Å². The SMILES string of the molecule is c1ccc(-c2nc(-n3c4ccccc4c4ccc5c(c6ccccc6n5-c5nc(-c6cccc7ccccc67)c6c(n5)oc5ccccc56)c43)nc3ccccc23)cc1. The molecule has 0 unspecified atom stereocenters. The van der Waals surface area contributed by atoms with Crippen LogP contribution >= 0.6 is 0 Å². The molecule has 5 heterocycles. The van der Waals surface area contributed by atoms with Crippen LogP contribution in [-0.2, 0) is 0 Å². The molecule has 0 amide bonds. The number of aromatic nitrogens is 6. The van der Waals surface area contributed by atoms with Crippen LogP contribution in [0.15, 0.2) is 186 Å². The molecular weight excluding hydrogens is 725 g/mol. The summed E-state index contributed by atoms with van der Waals surface area (Å²) in [7, 11) is 0. The maximum atomic E-state index is 6.57. The second kappa shape index (κ2) is 12.2. The van der Waals surface area contributed by atoms with Crippen molar-refractivity contribution in [3.63, 3.8) is 0 Å². The fourth-order valence-electron chi connectivity index (χ4n) is 9.25. The summed E-state index contributed by atoms with van der Waals surface area (Å²) in [6, 6.07) is 63.1. The van der Waals surface area contributed by atoms with Gasteiger partial charge in [0.2, 0.25) is 17.6 Å². The fourth-order valence-corrected chi connectivity index (χ4v) is 9.25. The minimum absolute atomic E-state index is 0.529. The van der Waals surface area contributed by atoms with E-state index in [-0.39, 0.29) is 0 Å². The van der Waals surface area contributed by atoms with Crippen molar-refractivity contribution in [1.82, 2.24) is 29.1 Å². The van der Waals surface area contributed by atoms with Gasteiger partial charge in [0.15, 0.2) is 0 Å². The van der Waals surface area contributed by atoms with Gasteiger partial charge < -0.3 is 4.42 Å². The zero-order valence-electron chi connectivity index (χ0n) is 31.4. The second-order valence-electron chi connectivity index (χ2n) is 15.0. The molecule has 0 aliphatic rings. The molecule has 0 radical (unpaired) electrons. The average Bonchev–Trinajstić information content (AvgIpc) is 3.96. The smallest absolute Gasteiger partial charge is 0.238 e. The van der Waals surface area contributed by atoms with Crippen molar-refractivity contribution in [3.8, 4) is 34.4 Å². The van der Waals surface area contributed by atoms with Gasteiger partial charge in [0.25, 0.3) is 0 Å². The summed E-state index contributed by atoms with van der Waals surface area (Å²) in [4.78, 5) is 21.5. The first-order valence-electron chi connectivity index (χ1n) is 19.7. The molecule has 7 nitrogen and oxygen atoms in total. The van der Waals surface area contributed by atoms with Gasteiger partial charge in [0.05, 0.1) is 44.4 Å². The Morgan fingerprint density at radius 1 is 0.373 bits per heavy atom.